The summed E-state index contributed by atoms with van der Waals surface area (Å²) in [5.41, 5.74) is 0. The highest BCUT2D eigenvalue weighted by molar-refractivity contribution is 4.99. The molecule has 9 heteroatoms. The number of halogens is 5. The van der Waals surface area contributed by atoms with Gasteiger partial charge in [-0.3, -0.25) is 0 Å². The summed E-state index contributed by atoms with van der Waals surface area (Å²) < 4.78 is 65.2. The first kappa shape index (κ1) is 17.5. The first-order valence-corrected chi connectivity index (χ1v) is 5.15. The molecule has 0 aromatic heterocycles. The van der Waals surface area contributed by atoms with Crippen LogP contribution in [0.4, 0.5) is 22.0 Å². The quantitative estimate of drug-likeness (QED) is 0.320. The molecule has 0 amide bonds. The molecule has 1 unspecified atom stereocenters. The minimum Gasteiger partial charge on any atom is -0.351 e. The molecule has 0 fully saturated rings. The van der Waals surface area contributed by atoms with Crippen molar-refractivity contribution in [2.24, 2.45) is 0 Å². The predicted molar refractivity (Wildman–Crippen MR) is 49.5 cm³/mol. The van der Waals surface area contributed by atoms with Crippen LogP contribution in [-0.4, -0.2) is 44.1 Å². The molecule has 0 aliphatic carbocycles. The third-order valence-electron chi connectivity index (χ3n) is 2.41. The summed E-state index contributed by atoms with van der Waals surface area (Å²) in [6.07, 6.45) is -1.26. The molecule has 0 rings (SSSR count). The molecule has 0 saturated carbocycles. The van der Waals surface area contributed by atoms with Crippen molar-refractivity contribution in [3.8, 4) is 0 Å². The SMILES string of the molecule is CCCCCC(F)(F)C(F)(F)C(O)(F)C(O)(O)O. The second kappa shape index (κ2) is 5.24. The van der Waals surface area contributed by atoms with E-state index in [0.717, 1.165) is 0 Å². The second-order valence-corrected chi connectivity index (χ2v) is 3.99. The molecular weight excluding hydrogens is 267 g/mol. The zero-order valence-corrected chi connectivity index (χ0v) is 9.51. The molecule has 4 nitrogen and oxygen atoms in total. The Morgan fingerprint density at radius 3 is 1.61 bits per heavy atom. The Balaban J connectivity index is 5.11. The summed E-state index contributed by atoms with van der Waals surface area (Å²) in [5.74, 6) is -21.5. The second-order valence-electron chi connectivity index (χ2n) is 3.99. The fraction of sp³-hybridized carbons (Fsp3) is 1.00. The lowest BCUT2D eigenvalue weighted by molar-refractivity contribution is -0.486. The van der Waals surface area contributed by atoms with E-state index in [1.165, 1.54) is 0 Å². The number of unbranched alkanes of at least 4 members (excludes halogenated alkanes) is 2. The van der Waals surface area contributed by atoms with Gasteiger partial charge in [-0.05, 0) is 6.42 Å². The lowest BCUT2D eigenvalue weighted by Gasteiger charge is -2.37. The van der Waals surface area contributed by atoms with Gasteiger partial charge in [0.1, 0.15) is 0 Å². The van der Waals surface area contributed by atoms with Crippen molar-refractivity contribution in [1.82, 2.24) is 0 Å². The molecular formula is C9H15F5O4. The van der Waals surface area contributed by atoms with Crippen LogP contribution in [0.2, 0.25) is 0 Å². The lowest BCUT2D eigenvalue weighted by atomic mass is 9.96. The summed E-state index contributed by atoms with van der Waals surface area (Å²) >= 11 is 0. The molecule has 0 aliphatic rings. The number of rotatable bonds is 7. The molecule has 0 radical (unpaired) electrons. The van der Waals surface area contributed by atoms with Crippen LogP contribution in [0.5, 0.6) is 0 Å². The van der Waals surface area contributed by atoms with Crippen molar-refractivity contribution in [3.63, 3.8) is 0 Å². The van der Waals surface area contributed by atoms with Crippen LogP contribution in [-0.2, 0) is 0 Å². The molecule has 4 N–H and O–H groups in total. The first-order valence-electron chi connectivity index (χ1n) is 5.15. The monoisotopic (exact) mass is 282 g/mol. The smallest absolute Gasteiger partial charge is 0.351 e. The van der Waals surface area contributed by atoms with Gasteiger partial charge in [-0.15, -0.1) is 0 Å². The highest BCUT2D eigenvalue weighted by Crippen LogP contribution is 2.48. The van der Waals surface area contributed by atoms with Gasteiger partial charge in [0, 0.05) is 6.42 Å². The Morgan fingerprint density at radius 1 is 0.833 bits per heavy atom. The predicted octanol–water partition coefficient (Wildman–Crippen LogP) is 1.13. The van der Waals surface area contributed by atoms with E-state index in [9.17, 15) is 22.0 Å². The molecule has 0 aromatic carbocycles. The lowest BCUT2D eigenvalue weighted by Crippen LogP contribution is -2.67. The minimum atomic E-state index is -5.87. The van der Waals surface area contributed by atoms with Crippen LogP contribution in [0.1, 0.15) is 32.6 Å². The van der Waals surface area contributed by atoms with Gasteiger partial charge in [0.2, 0.25) is 0 Å². The van der Waals surface area contributed by atoms with E-state index in [-0.39, 0.29) is 12.8 Å². The van der Waals surface area contributed by atoms with Gasteiger partial charge in [0.15, 0.2) is 0 Å². The maximum atomic E-state index is 13.1. The van der Waals surface area contributed by atoms with Crippen molar-refractivity contribution < 1.29 is 42.4 Å². The number of alkyl halides is 5. The molecule has 0 heterocycles. The van der Waals surface area contributed by atoms with Gasteiger partial charge in [0.25, 0.3) is 0 Å². The molecule has 0 saturated heterocycles. The van der Waals surface area contributed by atoms with Crippen LogP contribution in [0.15, 0.2) is 0 Å². The van der Waals surface area contributed by atoms with E-state index in [1.54, 1.807) is 6.92 Å². The highest BCUT2D eigenvalue weighted by atomic mass is 19.3. The van der Waals surface area contributed by atoms with Crippen molar-refractivity contribution in [3.05, 3.63) is 0 Å². The van der Waals surface area contributed by atoms with E-state index in [4.69, 9.17) is 20.4 Å². The van der Waals surface area contributed by atoms with Gasteiger partial charge in [0.05, 0.1) is 0 Å². The van der Waals surface area contributed by atoms with E-state index < -0.39 is 30.1 Å². The first-order chi connectivity index (χ1) is 7.81. The van der Waals surface area contributed by atoms with Crippen molar-refractivity contribution >= 4 is 0 Å². The summed E-state index contributed by atoms with van der Waals surface area (Å²) in [6.45, 7) is 1.61. The van der Waals surface area contributed by atoms with E-state index in [0.29, 0.717) is 6.42 Å². The molecule has 110 valence electrons. The molecule has 0 aliphatic heterocycles. The number of aliphatic hydroxyl groups is 4. The topological polar surface area (TPSA) is 80.9 Å². The van der Waals surface area contributed by atoms with E-state index in [1.807, 2.05) is 0 Å². The molecule has 0 bridgehead atoms. The highest BCUT2D eigenvalue weighted by Gasteiger charge is 2.77. The number of hydrogen-bond acceptors (Lipinski definition) is 4. The van der Waals surface area contributed by atoms with Gasteiger partial charge < -0.3 is 20.4 Å². The molecule has 0 spiro atoms. The van der Waals surface area contributed by atoms with Gasteiger partial charge in [-0.25, -0.2) is 0 Å². The van der Waals surface area contributed by atoms with Gasteiger partial charge in [-0.2, -0.15) is 22.0 Å². The average Bonchev–Trinajstić information content (AvgIpc) is 2.15. The fourth-order valence-corrected chi connectivity index (χ4v) is 1.21. The Kier molecular flexibility index (Phi) is 5.09. The largest absolute Gasteiger partial charge is 0.375 e. The normalized spacial score (nSPS) is 17.7. The summed E-state index contributed by atoms with van der Waals surface area (Å²) in [6, 6.07) is 0. The Morgan fingerprint density at radius 2 is 1.28 bits per heavy atom. The zero-order chi connectivity index (χ0) is 14.8. The summed E-state index contributed by atoms with van der Waals surface area (Å²) in [4.78, 5) is 0. The standard InChI is InChI=1S/C9H15F5O4/c1-2-3-4-5-6(10,11)7(12,13)8(14,15)9(16,17)18/h15-18H,2-5H2,1H3. The average molecular weight is 282 g/mol. The third-order valence-corrected chi connectivity index (χ3v) is 2.41. The van der Waals surface area contributed by atoms with Crippen molar-refractivity contribution in [1.29, 1.82) is 0 Å². The Hall–Kier alpha value is -0.510. The van der Waals surface area contributed by atoms with E-state index in [2.05, 4.69) is 0 Å². The fourth-order valence-electron chi connectivity index (χ4n) is 1.21. The number of hydrogen-bond donors (Lipinski definition) is 4. The molecule has 1 atom stereocenters. The van der Waals surface area contributed by atoms with Crippen molar-refractivity contribution in [2.45, 2.75) is 56.3 Å². The van der Waals surface area contributed by atoms with Crippen LogP contribution in [0, 0.1) is 0 Å². The zero-order valence-electron chi connectivity index (χ0n) is 9.51. The molecule has 18 heavy (non-hydrogen) atoms. The maximum absolute atomic E-state index is 13.1. The minimum absolute atomic E-state index is 0.166. The summed E-state index contributed by atoms with van der Waals surface area (Å²) in [5, 5.41) is 33.0. The van der Waals surface area contributed by atoms with Crippen LogP contribution in [0.25, 0.3) is 0 Å². The Labute approximate surface area is 99.7 Å². The van der Waals surface area contributed by atoms with Gasteiger partial charge >= 0.3 is 23.7 Å². The third kappa shape index (κ3) is 3.08. The van der Waals surface area contributed by atoms with Crippen LogP contribution >= 0.6 is 0 Å². The van der Waals surface area contributed by atoms with Crippen LogP contribution in [0.3, 0.4) is 0 Å². The molecule has 0 aromatic rings. The maximum Gasteiger partial charge on any atom is 0.375 e. The van der Waals surface area contributed by atoms with Gasteiger partial charge in [-0.1, -0.05) is 19.8 Å². The van der Waals surface area contributed by atoms with Crippen LogP contribution < -0.4 is 0 Å². The Bertz CT molecular complexity index is 275. The van der Waals surface area contributed by atoms with Crippen molar-refractivity contribution in [2.75, 3.05) is 0 Å². The summed E-state index contributed by atoms with van der Waals surface area (Å²) in [7, 11) is 0. The van der Waals surface area contributed by atoms with E-state index >= 15 is 0 Å².